The van der Waals surface area contributed by atoms with E-state index in [2.05, 4.69) is 44.7 Å². The van der Waals surface area contributed by atoms with Crippen molar-refractivity contribution in [2.45, 2.75) is 13.1 Å². The van der Waals surface area contributed by atoms with E-state index in [0.29, 0.717) is 50.0 Å². The second-order valence-corrected chi connectivity index (χ2v) is 7.99. The van der Waals surface area contributed by atoms with Crippen LogP contribution < -0.4 is 10.2 Å². The Bertz CT molecular complexity index is 1360. The number of aryl methyl sites for hydroxylation is 1. The highest BCUT2D eigenvalue weighted by molar-refractivity contribution is 7.79. The third-order valence-electron chi connectivity index (χ3n) is 5.59. The number of nitrogens with one attached hydrogen (secondary N) is 1. The number of aromatic nitrogens is 2. The van der Waals surface area contributed by atoms with Crippen molar-refractivity contribution in [1.29, 1.82) is 0 Å². The summed E-state index contributed by atoms with van der Waals surface area (Å²) in [6.45, 7) is 4.28. The van der Waals surface area contributed by atoms with E-state index in [1.807, 2.05) is 13.0 Å². The lowest BCUT2D eigenvalue weighted by Crippen LogP contribution is -2.36. The van der Waals surface area contributed by atoms with Crippen molar-refractivity contribution in [1.82, 2.24) is 9.97 Å². The highest BCUT2D eigenvalue weighted by Crippen LogP contribution is 2.32. The molecule has 0 saturated carbocycles. The number of halogens is 3. The molecule has 1 saturated heterocycles. The number of carbonyl (C=O) groups excluding carboxylic acids is 2. The van der Waals surface area contributed by atoms with Crippen LogP contribution >= 0.6 is 12.6 Å². The van der Waals surface area contributed by atoms with Crippen molar-refractivity contribution < 1.29 is 27.5 Å². The third-order valence-corrected chi connectivity index (χ3v) is 5.59. The molecule has 0 atom stereocenters. The fourth-order valence-electron chi connectivity index (χ4n) is 3.78. The Balaban J connectivity index is 0.00000195. The molecule has 198 valence electrons. The number of aldehydes is 1. The molecule has 0 radical (unpaired) electrons. The lowest BCUT2D eigenvalue weighted by Gasteiger charge is -2.29. The van der Waals surface area contributed by atoms with Gasteiger partial charge in [-0.05, 0) is 66.5 Å². The first-order valence-electron chi connectivity index (χ1n) is 11.4. The molecule has 4 rings (SSSR count). The smallest absolute Gasteiger partial charge is 0.378 e. The molecule has 1 fully saturated rings. The van der Waals surface area contributed by atoms with E-state index in [4.69, 9.17) is 4.74 Å². The first kappa shape index (κ1) is 28.7. The molecule has 0 bridgehead atoms. The van der Waals surface area contributed by atoms with Crippen LogP contribution in [0.15, 0.2) is 48.8 Å². The number of amides is 1. The van der Waals surface area contributed by atoms with E-state index in [9.17, 15) is 22.8 Å². The van der Waals surface area contributed by atoms with Gasteiger partial charge in [-0.25, -0.2) is 4.98 Å². The van der Waals surface area contributed by atoms with Crippen LogP contribution in [-0.2, 0) is 15.7 Å². The van der Waals surface area contributed by atoms with Gasteiger partial charge in [0.15, 0.2) is 6.29 Å². The van der Waals surface area contributed by atoms with Crippen LogP contribution in [0.2, 0.25) is 0 Å². The Kier molecular flexibility index (Phi) is 9.87. The summed E-state index contributed by atoms with van der Waals surface area (Å²) in [6, 6.07) is 9.05. The summed E-state index contributed by atoms with van der Waals surface area (Å²) in [7, 11) is 0. The molecule has 11 heteroatoms. The summed E-state index contributed by atoms with van der Waals surface area (Å²) in [4.78, 5) is 33.2. The van der Waals surface area contributed by atoms with E-state index in [1.165, 1.54) is 6.07 Å². The fourth-order valence-corrected chi connectivity index (χ4v) is 3.78. The van der Waals surface area contributed by atoms with E-state index in [1.54, 1.807) is 30.7 Å². The summed E-state index contributed by atoms with van der Waals surface area (Å²) < 4.78 is 44.3. The van der Waals surface area contributed by atoms with E-state index in [-0.39, 0.29) is 5.56 Å². The van der Waals surface area contributed by atoms with Crippen LogP contribution in [0.1, 0.15) is 27.3 Å². The number of carbonyl (C=O) groups is 2. The molecule has 0 aliphatic carbocycles. The Morgan fingerprint density at radius 3 is 2.55 bits per heavy atom. The first-order valence-corrected chi connectivity index (χ1v) is 12.3. The molecule has 7 nitrogen and oxygen atoms in total. The summed E-state index contributed by atoms with van der Waals surface area (Å²) >= 11 is 3.53. The van der Waals surface area contributed by atoms with Gasteiger partial charge in [-0.2, -0.15) is 25.8 Å². The first-order chi connectivity index (χ1) is 18.3. The predicted octanol–water partition coefficient (Wildman–Crippen LogP) is 4.66. The average molecular weight is 543 g/mol. The number of pyridine rings is 2. The number of nitrogens with zero attached hydrogens (tertiary/aromatic N) is 3. The predicted molar refractivity (Wildman–Crippen MR) is 142 cm³/mol. The van der Waals surface area contributed by atoms with E-state index >= 15 is 0 Å². The van der Waals surface area contributed by atoms with Gasteiger partial charge in [0.05, 0.1) is 18.9 Å². The molecule has 0 spiro atoms. The zero-order valence-electron chi connectivity index (χ0n) is 20.7. The van der Waals surface area contributed by atoms with Crippen LogP contribution in [0.5, 0.6) is 0 Å². The van der Waals surface area contributed by atoms with Crippen LogP contribution in [0.4, 0.5) is 24.5 Å². The largest absolute Gasteiger partial charge is 0.433 e. The molecule has 1 amide bonds. The van der Waals surface area contributed by atoms with Crippen LogP contribution in [0, 0.1) is 18.8 Å². The highest BCUT2D eigenvalue weighted by atomic mass is 32.1. The van der Waals surface area contributed by atoms with Crippen LogP contribution in [0.3, 0.4) is 0 Å². The van der Waals surface area contributed by atoms with Crippen LogP contribution in [-0.4, -0.2) is 54.7 Å². The molecule has 3 heterocycles. The van der Waals surface area contributed by atoms with Gasteiger partial charge in [0.1, 0.15) is 11.4 Å². The Morgan fingerprint density at radius 2 is 1.87 bits per heavy atom. The van der Waals surface area contributed by atoms with Gasteiger partial charge in [0.25, 0.3) is 5.91 Å². The summed E-state index contributed by atoms with van der Waals surface area (Å²) in [5.74, 6) is 4.48. The second kappa shape index (κ2) is 13.1. The van der Waals surface area contributed by atoms with Crippen molar-refractivity contribution in [3.8, 4) is 23.0 Å². The molecular formula is C27H25F3N4O3S. The summed E-state index contributed by atoms with van der Waals surface area (Å²) in [5.41, 5.74) is 2.76. The molecule has 2 aromatic heterocycles. The van der Waals surface area contributed by atoms with Gasteiger partial charge in [-0.15, -0.1) is 0 Å². The number of morpholine rings is 1. The van der Waals surface area contributed by atoms with Gasteiger partial charge in [0.2, 0.25) is 0 Å². The minimum absolute atomic E-state index is 0.158. The number of ether oxygens (including phenoxy) is 1. The summed E-state index contributed by atoms with van der Waals surface area (Å²) in [6.07, 6.45) is 0.133. The zero-order chi connectivity index (χ0) is 27.7. The molecule has 1 aliphatic heterocycles. The third kappa shape index (κ3) is 7.12. The molecule has 1 N–H and O–H groups in total. The maximum absolute atomic E-state index is 13.0. The number of alkyl halides is 3. The number of thiol groups is 1. The fraction of sp³-hybridized carbons (Fsp3) is 0.259. The molecule has 38 heavy (non-hydrogen) atoms. The van der Waals surface area contributed by atoms with Gasteiger partial charge in [-0.3, -0.25) is 14.6 Å². The zero-order valence-corrected chi connectivity index (χ0v) is 21.6. The number of hydrogen-bond acceptors (Lipinski definition) is 7. The number of rotatable bonds is 4. The van der Waals surface area contributed by atoms with Crippen molar-refractivity contribution in [3.05, 3.63) is 71.3 Å². The lowest BCUT2D eigenvalue weighted by molar-refractivity contribution is -0.141. The topological polar surface area (TPSA) is 84.4 Å². The Labute approximate surface area is 223 Å². The minimum atomic E-state index is -4.65. The van der Waals surface area contributed by atoms with Gasteiger partial charge in [-0.1, -0.05) is 6.07 Å². The Morgan fingerprint density at radius 1 is 1.13 bits per heavy atom. The minimum Gasteiger partial charge on any atom is -0.378 e. The van der Waals surface area contributed by atoms with Gasteiger partial charge < -0.3 is 15.0 Å². The quantitative estimate of drug-likeness (QED) is 0.284. The van der Waals surface area contributed by atoms with Crippen LogP contribution in [0.25, 0.3) is 11.1 Å². The SMILES string of the molecule is CS.Cc1ccc(NC(=O)c2ccnc(C(F)(F)F)c2)cc1-c1cnc(C#CC=O)c(N2CCOCC2)c1. The lowest BCUT2D eigenvalue weighted by atomic mass is 10.00. The van der Waals surface area contributed by atoms with E-state index in [0.717, 1.165) is 28.6 Å². The maximum atomic E-state index is 13.0. The molecular weight excluding hydrogens is 517 g/mol. The molecule has 3 aromatic rings. The van der Waals surface area contributed by atoms with Gasteiger partial charge in [0, 0.05) is 42.3 Å². The summed E-state index contributed by atoms with van der Waals surface area (Å²) in [5, 5.41) is 2.65. The molecule has 0 unspecified atom stereocenters. The van der Waals surface area contributed by atoms with Crippen molar-refractivity contribution in [3.63, 3.8) is 0 Å². The number of hydrogen-bond donors (Lipinski definition) is 2. The van der Waals surface area contributed by atoms with Crippen molar-refractivity contribution in [2.75, 3.05) is 42.8 Å². The molecule has 1 aromatic carbocycles. The number of benzene rings is 1. The molecule has 1 aliphatic rings. The highest BCUT2D eigenvalue weighted by Gasteiger charge is 2.33. The van der Waals surface area contributed by atoms with Gasteiger partial charge >= 0.3 is 6.18 Å². The maximum Gasteiger partial charge on any atom is 0.433 e. The average Bonchev–Trinajstić information content (AvgIpc) is 2.94. The van der Waals surface area contributed by atoms with Crippen molar-refractivity contribution >= 4 is 36.2 Å². The number of anilines is 2. The normalized spacial score (nSPS) is 12.9. The van der Waals surface area contributed by atoms with Crippen molar-refractivity contribution in [2.24, 2.45) is 0 Å². The monoisotopic (exact) mass is 542 g/mol. The Hall–Kier alpha value is -3.88. The standard InChI is InChI=1S/C26H21F3N4O3.CH4S/c1-17-4-5-20(32-25(35)18-6-7-30-24(14-18)26(27,28)29)15-21(17)19-13-23(33-8-11-36-12-9-33)22(31-16-19)3-2-10-34;1-2/h4-7,10,13-16H,8-9,11-12H2,1H3,(H,32,35);2H,1H3. The van der Waals surface area contributed by atoms with E-state index < -0.39 is 17.8 Å². The second-order valence-electron chi connectivity index (χ2n) is 7.99.